The van der Waals surface area contributed by atoms with Crippen molar-refractivity contribution in [1.29, 1.82) is 0 Å². The van der Waals surface area contributed by atoms with Crippen molar-refractivity contribution < 1.29 is 9.50 Å². The van der Waals surface area contributed by atoms with E-state index in [0.717, 1.165) is 17.5 Å². The molecule has 0 aliphatic heterocycles. The first-order valence-electron chi connectivity index (χ1n) is 6.79. The summed E-state index contributed by atoms with van der Waals surface area (Å²) >= 11 is 0. The van der Waals surface area contributed by atoms with Crippen LogP contribution in [-0.2, 0) is 6.42 Å². The molecule has 2 rings (SSSR count). The molecule has 1 N–H and O–H groups in total. The number of halogens is 1. The molecule has 2 aromatic rings. The van der Waals surface area contributed by atoms with E-state index in [1.165, 1.54) is 0 Å². The lowest BCUT2D eigenvalue weighted by molar-refractivity contribution is 0.137. The normalized spacial score (nSPS) is 13.7. The van der Waals surface area contributed by atoms with Gasteiger partial charge in [-0.05, 0) is 24.0 Å². The molecular weight excluding hydrogens is 251 g/mol. The van der Waals surface area contributed by atoms with Crippen molar-refractivity contribution in [3.8, 4) is 0 Å². The van der Waals surface area contributed by atoms with Crippen molar-refractivity contribution in [1.82, 2.24) is 0 Å². The minimum absolute atomic E-state index is 0.489. The van der Waals surface area contributed by atoms with E-state index in [9.17, 15) is 9.50 Å². The molecular formula is C18H19FO. The highest BCUT2D eigenvalue weighted by molar-refractivity contribution is 5.27. The van der Waals surface area contributed by atoms with Crippen molar-refractivity contribution in [2.24, 2.45) is 0 Å². The monoisotopic (exact) mass is 270 g/mol. The number of rotatable bonds is 6. The molecule has 0 aliphatic rings. The molecule has 2 heteroatoms. The van der Waals surface area contributed by atoms with Gasteiger partial charge < -0.3 is 5.11 Å². The van der Waals surface area contributed by atoms with E-state index < -0.39 is 17.8 Å². The fourth-order valence-electron chi connectivity index (χ4n) is 2.40. The molecule has 2 aromatic carbocycles. The summed E-state index contributed by atoms with van der Waals surface area (Å²) in [5.41, 5.74) is 1.91. The summed E-state index contributed by atoms with van der Waals surface area (Å²) in [5, 5.41) is 10.3. The van der Waals surface area contributed by atoms with E-state index in [0.29, 0.717) is 6.42 Å². The molecule has 1 nitrogen and oxygen atoms in total. The van der Waals surface area contributed by atoms with E-state index in [-0.39, 0.29) is 0 Å². The Labute approximate surface area is 119 Å². The van der Waals surface area contributed by atoms with Crippen LogP contribution in [0.15, 0.2) is 73.1 Å². The minimum atomic E-state index is -0.768. The number of hydrogen-bond donors (Lipinski definition) is 1. The number of aliphatic hydroxyl groups is 1. The van der Waals surface area contributed by atoms with Gasteiger partial charge in [0.2, 0.25) is 0 Å². The highest BCUT2D eigenvalue weighted by Crippen LogP contribution is 2.29. The molecule has 0 aliphatic carbocycles. The molecule has 0 fully saturated rings. The smallest absolute Gasteiger partial charge is 0.103 e. The number of hydrogen-bond acceptors (Lipinski definition) is 1. The SMILES string of the molecule is C=C(F)[C@H](c1ccccc1)[C@H](O)CCc1ccccc1. The topological polar surface area (TPSA) is 20.2 Å². The molecule has 0 radical (unpaired) electrons. The molecule has 0 amide bonds. The fourth-order valence-corrected chi connectivity index (χ4v) is 2.40. The lowest BCUT2D eigenvalue weighted by atomic mass is 9.89. The zero-order valence-electron chi connectivity index (χ0n) is 11.4. The van der Waals surface area contributed by atoms with Gasteiger partial charge in [-0.1, -0.05) is 67.2 Å². The van der Waals surface area contributed by atoms with Crippen LogP contribution >= 0.6 is 0 Å². The Morgan fingerprint density at radius 2 is 1.55 bits per heavy atom. The third-order valence-electron chi connectivity index (χ3n) is 3.45. The molecule has 0 aromatic heterocycles. The van der Waals surface area contributed by atoms with E-state index in [4.69, 9.17) is 0 Å². The fraction of sp³-hybridized carbons (Fsp3) is 0.222. The first-order chi connectivity index (χ1) is 9.68. The summed E-state index contributed by atoms with van der Waals surface area (Å²) in [4.78, 5) is 0. The molecule has 2 atom stereocenters. The summed E-state index contributed by atoms with van der Waals surface area (Å²) in [6.07, 6.45) is 0.459. The lowest BCUT2D eigenvalue weighted by Gasteiger charge is -2.21. The molecule has 0 spiro atoms. The van der Waals surface area contributed by atoms with Crippen LogP contribution in [0.5, 0.6) is 0 Å². The second-order valence-corrected chi connectivity index (χ2v) is 4.93. The van der Waals surface area contributed by atoms with Crippen LogP contribution < -0.4 is 0 Å². The molecule has 0 saturated heterocycles. The van der Waals surface area contributed by atoms with E-state index >= 15 is 0 Å². The van der Waals surface area contributed by atoms with Crippen LogP contribution in [0.25, 0.3) is 0 Å². The van der Waals surface area contributed by atoms with Gasteiger partial charge >= 0.3 is 0 Å². The Hall–Kier alpha value is -1.93. The molecule has 0 bridgehead atoms. The molecule has 20 heavy (non-hydrogen) atoms. The van der Waals surface area contributed by atoms with Crippen LogP contribution in [0.3, 0.4) is 0 Å². The molecule has 0 saturated carbocycles. The maximum atomic E-state index is 13.7. The van der Waals surface area contributed by atoms with Crippen LogP contribution in [0.2, 0.25) is 0 Å². The van der Waals surface area contributed by atoms with E-state index in [1.807, 2.05) is 60.7 Å². The lowest BCUT2D eigenvalue weighted by Crippen LogP contribution is -2.19. The van der Waals surface area contributed by atoms with Crippen molar-refractivity contribution >= 4 is 0 Å². The third kappa shape index (κ3) is 3.78. The van der Waals surface area contributed by atoms with Gasteiger partial charge in [0.05, 0.1) is 12.0 Å². The summed E-state index contributed by atoms with van der Waals surface area (Å²) in [7, 11) is 0. The first kappa shape index (κ1) is 14.5. The summed E-state index contributed by atoms with van der Waals surface area (Å²) in [6.45, 7) is 3.38. The molecule has 0 unspecified atom stereocenters. The van der Waals surface area contributed by atoms with Crippen molar-refractivity contribution in [3.63, 3.8) is 0 Å². The zero-order valence-corrected chi connectivity index (χ0v) is 11.4. The number of aryl methyl sites for hydroxylation is 1. The van der Waals surface area contributed by atoms with Crippen molar-refractivity contribution in [2.45, 2.75) is 24.9 Å². The maximum Gasteiger partial charge on any atom is 0.103 e. The third-order valence-corrected chi connectivity index (χ3v) is 3.45. The Morgan fingerprint density at radius 3 is 2.10 bits per heavy atom. The summed E-state index contributed by atoms with van der Waals surface area (Å²) < 4.78 is 13.7. The van der Waals surface area contributed by atoms with E-state index in [1.54, 1.807) is 0 Å². The molecule has 0 heterocycles. The first-order valence-corrected chi connectivity index (χ1v) is 6.79. The van der Waals surface area contributed by atoms with Crippen LogP contribution in [-0.4, -0.2) is 11.2 Å². The Kier molecular flexibility index (Phi) is 5.08. The highest BCUT2D eigenvalue weighted by atomic mass is 19.1. The van der Waals surface area contributed by atoms with Crippen LogP contribution in [0.4, 0.5) is 4.39 Å². The van der Waals surface area contributed by atoms with Gasteiger partial charge in [-0.2, -0.15) is 0 Å². The standard InChI is InChI=1S/C18H19FO/c1-14(19)18(16-10-6-3-7-11-16)17(20)13-12-15-8-4-2-5-9-15/h2-11,17-18,20H,1,12-13H2/t17-,18-/m1/s1. The summed E-state index contributed by atoms with van der Waals surface area (Å²) in [5.74, 6) is -1.14. The van der Waals surface area contributed by atoms with Crippen molar-refractivity contribution in [2.75, 3.05) is 0 Å². The molecule has 104 valence electrons. The van der Waals surface area contributed by atoms with Crippen LogP contribution in [0.1, 0.15) is 23.5 Å². The Morgan fingerprint density at radius 1 is 1.00 bits per heavy atom. The van der Waals surface area contributed by atoms with Crippen molar-refractivity contribution in [3.05, 3.63) is 84.2 Å². The zero-order chi connectivity index (χ0) is 14.4. The number of benzene rings is 2. The minimum Gasteiger partial charge on any atom is -0.392 e. The van der Waals surface area contributed by atoms with Gasteiger partial charge in [-0.3, -0.25) is 0 Å². The van der Waals surface area contributed by atoms with Crippen LogP contribution in [0, 0.1) is 0 Å². The van der Waals surface area contributed by atoms with Gasteiger partial charge in [0.1, 0.15) is 5.83 Å². The Balaban J connectivity index is 2.05. The second kappa shape index (κ2) is 7.01. The quantitative estimate of drug-likeness (QED) is 0.832. The summed E-state index contributed by atoms with van der Waals surface area (Å²) in [6, 6.07) is 19.1. The van der Waals surface area contributed by atoms with Gasteiger partial charge in [-0.15, -0.1) is 0 Å². The van der Waals surface area contributed by atoms with Gasteiger partial charge in [-0.25, -0.2) is 4.39 Å². The van der Waals surface area contributed by atoms with Gasteiger partial charge in [0.15, 0.2) is 0 Å². The van der Waals surface area contributed by atoms with Gasteiger partial charge in [0.25, 0.3) is 0 Å². The highest BCUT2D eigenvalue weighted by Gasteiger charge is 2.24. The predicted octanol–water partition coefficient (Wildman–Crippen LogP) is 4.25. The Bertz CT molecular complexity index is 536. The number of aliphatic hydroxyl groups excluding tert-OH is 1. The van der Waals surface area contributed by atoms with Gasteiger partial charge in [0, 0.05) is 0 Å². The van der Waals surface area contributed by atoms with E-state index in [2.05, 4.69) is 6.58 Å². The maximum absolute atomic E-state index is 13.7. The second-order valence-electron chi connectivity index (χ2n) is 4.93. The average Bonchev–Trinajstić information content (AvgIpc) is 2.47. The average molecular weight is 270 g/mol. The predicted molar refractivity (Wildman–Crippen MR) is 80.2 cm³/mol. The largest absolute Gasteiger partial charge is 0.392 e.